The van der Waals surface area contributed by atoms with E-state index in [2.05, 4.69) is 19.1 Å². The molecule has 0 aliphatic carbocycles. The van der Waals surface area contributed by atoms with Gasteiger partial charge in [-0.3, -0.25) is 9.69 Å². The summed E-state index contributed by atoms with van der Waals surface area (Å²) >= 11 is 6.63. The van der Waals surface area contributed by atoms with Crippen LogP contribution in [0.5, 0.6) is 11.5 Å². The molecule has 0 atom stereocenters. The average Bonchev–Trinajstić information content (AvgIpc) is 3.08. The third-order valence-corrected chi connectivity index (χ3v) is 6.63. The SMILES string of the molecule is CCCCCCc1ccc(OCCOc2ccccc2/C=C2\SC(=S)N(CC)C2=O)cc1. The molecule has 0 bridgehead atoms. The molecule has 4 nitrogen and oxygen atoms in total. The fourth-order valence-corrected chi connectivity index (χ4v) is 4.84. The number of carbonyl (C=O) groups is 1. The number of nitrogens with zero attached hydrogens (tertiary/aromatic N) is 1. The molecule has 1 aliphatic heterocycles. The molecule has 1 fully saturated rings. The largest absolute Gasteiger partial charge is 0.490 e. The minimum absolute atomic E-state index is 0.0468. The molecule has 1 saturated heterocycles. The number of hydrogen-bond acceptors (Lipinski definition) is 5. The molecule has 0 aromatic heterocycles. The smallest absolute Gasteiger partial charge is 0.266 e. The zero-order chi connectivity index (χ0) is 22.8. The molecule has 6 heteroatoms. The standard InChI is InChI=1S/C26H31NO3S2/c1-3-5-6-7-10-20-13-15-22(16-14-20)29-17-18-30-23-12-9-8-11-21(23)19-24-25(28)27(4-2)26(31)32-24/h8-9,11-16,19H,3-7,10,17-18H2,1-2H3/b24-19-. The molecule has 170 valence electrons. The average molecular weight is 470 g/mol. The van der Waals surface area contributed by atoms with Crippen molar-refractivity contribution in [2.24, 2.45) is 0 Å². The molecule has 0 spiro atoms. The third-order valence-electron chi connectivity index (χ3n) is 5.25. The van der Waals surface area contributed by atoms with Gasteiger partial charge in [0, 0.05) is 12.1 Å². The molecule has 32 heavy (non-hydrogen) atoms. The Labute approximate surface area is 201 Å². The topological polar surface area (TPSA) is 38.8 Å². The van der Waals surface area contributed by atoms with E-state index in [1.807, 2.05) is 49.4 Å². The van der Waals surface area contributed by atoms with Gasteiger partial charge in [-0.15, -0.1) is 0 Å². The molecule has 1 heterocycles. The minimum Gasteiger partial charge on any atom is -0.490 e. The summed E-state index contributed by atoms with van der Waals surface area (Å²) in [5.74, 6) is 1.53. The second-order valence-electron chi connectivity index (χ2n) is 7.62. The van der Waals surface area contributed by atoms with Crippen molar-refractivity contribution < 1.29 is 14.3 Å². The van der Waals surface area contributed by atoms with Gasteiger partial charge in [-0.1, -0.05) is 80.5 Å². The first-order chi connectivity index (χ1) is 15.6. The van der Waals surface area contributed by atoms with Crippen LogP contribution in [0.2, 0.25) is 0 Å². The number of carbonyl (C=O) groups excluding carboxylic acids is 1. The Hall–Kier alpha value is -2.31. The third kappa shape index (κ3) is 6.84. The molecule has 0 unspecified atom stereocenters. The van der Waals surface area contributed by atoms with E-state index in [-0.39, 0.29) is 5.91 Å². The van der Waals surface area contributed by atoms with Crippen LogP contribution >= 0.6 is 24.0 Å². The Morgan fingerprint density at radius 1 is 0.969 bits per heavy atom. The van der Waals surface area contributed by atoms with Crippen LogP contribution in [-0.4, -0.2) is 34.9 Å². The number of thiocarbonyl (C=S) groups is 1. The first-order valence-electron chi connectivity index (χ1n) is 11.3. The van der Waals surface area contributed by atoms with Gasteiger partial charge in [0.25, 0.3) is 5.91 Å². The highest BCUT2D eigenvalue weighted by Crippen LogP contribution is 2.34. The summed E-state index contributed by atoms with van der Waals surface area (Å²) in [4.78, 5) is 14.7. The highest BCUT2D eigenvalue weighted by atomic mass is 32.2. The summed E-state index contributed by atoms with van der Waals surface area (Å²) in [6.07, 6.45) is 8.08. The van der Waals surface area contributed by atoms with Gasteiger partial charge in [0.05, 0.1) is 4.91 Å². The van der Waals surface area contributed by atoms with Crippen molar-refractivity contribution >= 4 is 40.3 Å². The lowest BCUT2D eigenvalue weighted by Gasteiger charge is -2.11. The summed E-state index contributed by atoms with van der Waals surface area (Å²) in [6.45, 7) is 5.60. The molecule has 2 aromatic rings. The predicted octanol–water partition coefficient (Wildman–Crippen LogP) is 6.49. The van der Waals surface area contributed by atoms with Gasteiger partial charge in [-0.05, 0) is 49.6 Å². The number of ether oxygens (including phenoxy) is 2. The van der Waals surface area contributed by atoms with E-state index < -0.39 is 0 Å². The Kier molecular flexibility index (Phi) is 9.62. The van der Waals surface area contributed by atoms with E-state index in [1.165, 1.54) is 43.0 Å². The van der Waals surface area contributed by atoms with E-state index in [1.54, 1.807) is 4.90 Å². The zero-order valence-corrected chi connectivity index (χ0v) is 20.5. The Bertz CT molecular complexity index is 940. The van der Waals surface area contributed by atoms with Gasteiger partial charge in [0.2, 0.25) is 0 Å². The van der Waals surface area contributed by atoms with Crippen molar-refractivity contribution in [2.75, 3.05) is 19.8 Å². The molecule has 3 rings (SSSR count). The lowest BCUT2D eigenvalue weighted by atomic mass is 10.1. The number of unbranched alkanes of at least 4 members (excludes halogenated alkanes) is 3. The highest BCUT2D eigenvalue weighted by molar-refractivity contribution is 8.26. The van der Waals surface area contributed by atoms with Crippen LogP contribution < -0.4 is 9.47 Å². The van der Waals surface area contributed by atoms with E-state index in [0.717, 1.165) is 23.5 Å². The van der Waals surface area contributed by atoms with Crippen molar-refractivity contribution in [1.29, 1.82) is 0 Å². The van der Waals surface area contributed by atoms with Gasteiger partial charge in [0.15, 0.2) is 0 Å². The maximum atomic E-state index is 12.5. The Morgan fingerprint density at radius 2 is 1.72 bits per heavy atom. The van der Waals surface area contributed by atoms with Crippen molar-refractivity contribution in [3.63, 3.8) is 0 Å². The summed E-state index contributed by atoms with van der Waals surface area (Å²) in [5.41, 5.74) is 2.21. The molecule has 0 radical (unpaired) electrons. The number of likely N-dealkylation sites (N-methyl/N-ethyl adjacent to an activating group) is 1. The van der Waals surface area contributed by atoms with Crippen LogP contribution in [0.1, 0.15) is 50.7 Å². The molecule has 2 aromatic carbocycles. The lowest BCUT2D eigenvalue weighted by Crippen LogP contribution is -2.27. The number of para-hydroxylation sites is 1. The lowest BCUT2D eigenvalue weighted by molar-refractivity contribution is -0.121. The summed E-state index contributed by atoms with van der Waals surface area (Å²) in [7, 11) is 0. The van der Waals surface area contributed by atoms with Crippen LogP contribution in [0.15, 0.2) is 53.4 Å². The monoisotopic (exact) mass is 469 g/mol. The molecule has 0 saturated carbocycles. The van der Waals surface area contributed by atoms with Crippen molar-refractivity contribution in [3.05, 3.63) is 64.6 Å². The number of amides is 1. The number of rotatable bonds is 12. The van der Waals surface area contributed by atoms with Crippen molar-refractivity contribution in [2.45, 2.75) is 46.0 Å². The second-order valence-corrected chi connectivity index (χ2v) is 9.29. The van der Waals surface area contributed by atoms with E-state index in [0.29, 0.717) is 29.0 Å². The van der Waals surface area contributed by atoms with Crippen molar-refractivity contribution in [3.8, 4) is 11.5 Å². The number of aryl methyl sites for hydroxylation is 1. The Morgan fingerprint density at radius 3 is 2.44 bits per heavy atom. The second kappa shape index (κ2) is 12.7. The first kappa shape index (κ1) is 24.3. The van der Waals surface area contributed by atoms with E-state index >= 15 is 0 Å². The highest BCUT2D eigenvalue weighted by Gasteiger charge is 2.30. The van der Waals surface area contributed by atoms with Gasteiger partial charge in [-0.25, -0.2) is 0 Å². The minimum atomic E-state index is -0.0468. The maximum absolute atomic E-state index is 12.5. The number of hydrogen-bond donors (Lipinski definition) is 0. The maximum Gasteiger partial charge on any atom is 0.266 e. The number of thioether (sulfide) groups is 1. The summed E-state index contributed by atoms with van der Waals surface area (Å²) < 4.78 is 12.4. The predicted molar refractivity (Wildman–Crippen MR) is 137 cm³/mol. The first-order valence-corrected chi connectivity index (χ1v) is 12.5. The van der Waals surface area contributed by atoms with E-state index in [4.69, 9.17) is 21.7 Å². The zero-order valence-electron chi connectivity index (χ0n) is 18.8. The van der Waals surface area contributed by atoms with Crippen LogP contribution in [0, 0.1) is 0 Å². The number of benzene rings is 2. The van der Waals surface area contributed by atoms with Gasteiger partial charge >= 0.3 is 0 Å². The van der Waals surface area contributed by atoms with Crippen molar-refractivity contribution in [1.82, 2.24) is 4.90 Å². The van der Waals surface area contributed by atoms with E-state index in [9.17, 15) is 4.79 Å². The quantitative estimate of drug-likeness (QED) is 0.202. The molecular weight excluding hydrogens is 438 g/mol. The molecule has 1 aliphatic rings. The van der Waals surface area contributed by atoms with Gasteiger partial charge < -0.3 is 9.47 Å². The fraction of sp³-hybridized carbons (Fsp3) is 0.385. The van der Waals surface area contributed by atoms with Crippen LogP contribution in [0.4, 0.5) is 0 Å². The van der Waals surface area contributed by atoms with Crippen LogP contribution in [-0.2, 0) is 11.2 Å². The van der Waals surface area contributed by atoms with Gasteiger partial charge in [0.1, 0.15) is 29.0 Å². The summed E-state index contributed by atoms with van der Waals surface area (Å²) in [6, 6.07) is 16.0. The normalized spacial score (nSPS) is 14.9. The van der Waals surface area contributed by atoms with Gasteiger partial charge in [-0.2, -0.15) is 0 Å². The van der Waals surface area contributed by atoms with Crippen LogP contribution in [0.25, 0.3) is 6.08 Å². The molecule has 0 N–H and O–H groups in total. The Balaban J connectivity index is 1.49. The van der Waals surface area contributed by atoms with Crippen LogP contribution in [0.3, 0.4) is 0 Å². The molecular formula is C26H31NO3S2. The summed E-state index contributed by atoms with van der Waals surface area (Å²) in [5, 5.41) is 0. The fourth-order valence-electron chi connectivity index (χ4n) is 3.46. The molecule has 1 amide bonds.